The van der Waals surface area contributed by atoms with Gasteiger partial charge in [-0.25, -0.2) is 4.98 Å². The van der Waals surface area contributed by atoms with Crippen molar-refractivity contribution in [2.45, 2.75) is 59.3 Å². The number of para-hydroxylation sites is 1. The number of hydrogen-bond acceptors (Lipinski definition) is 4. The van der Waals surface area contributed by atoms with Gasteiger partial charge in [0.25, 0.3) is 0 Å². The van der Waals surface area contributed by atoms with Gasteiger partial charge in [0.05, 0.1) is 15.9 Å². The normalized spacial score (nSPS) is 12.5. The van der Waals surface area contributed by atoms with Crippen molar-refractivity contribution in [1.82, 2.24) is 4.98 Å². The maximum atomic E-state index is 10.6. The number of benzene rings is 5. The number of aromatic nitrogens is 1. The van der Waals surface area contributed by atoms with E-state index in [9.17, 15) is 5.11 Å². The minimum atomic E-state index is -0.0262. The van der Waals surface area contributed by atoms with Crippen molar-refractivity contribution in [2.75, 3.05) is 0 Å². The van der Waals surface area contributed by atoms with E-state index in [-0.39, 0.29) is 16.6 Å². The van der Waals surface area contributed by atoms with Crippen LogP contribution in [0.2, 0.25) is 0 Å². The van der Waals surface area contributed by atoms with Crippen molar-refractivity contribution in [3.8, 4) is 27.4 Å². The van der Waals surface area contributed by atoms with E-state index in [1.54, 1.807) is 23.6 Å². The lowest BCUT2D eigenvalue weighted by Gasteiger charge is -2.21. The van der Waals surface area contributed by atoms with Gasteiger partial charge in [-0.3, -0.25) is 4.99 Å². The molecular formula is C39H38N2OS. The highest BCUT2D eigenvalue weighted by atomic mass is 32.1. The summed E-state index contributed by atoms with van der Waals surface area (Å²) in [6.45, 7) is 15.5. The molecule has 0 unspecified atom stereocenters. The van der Waals surface area contributed by atoms with E-state index in [2.05, 4.69) is 103 Å². The van der Waals surface area contributed by atoms with Gasteiger partial charge < -0.3 is 5.11 Å². The summed E-state index contributed by atoms with van der Waals surface area (Å²) in [5, 5.41) is 14.0. The quantitative estimate of drug-likeness (QED) is 0.210. The topological polar surface area (TPSA) is 45.5 Å². The third-order valence-electron chi connectivity index (χ3n) is 8.16. The fraction of sp³-hybridized carbons (Fsp3) is 0.231. The zero-order chi connectivity index (χ0) is 30.5. The number of thiazole rings is 1. The van der Waals surface area contributed by atoms with Crippen LogP contribution in [-0.4, -0.2) is 16.3 Å². The van der Waals surface area contributed by atoms with E-state index in [1.807, 2.05) is 30.3 Å². The molecule has 0 aliphatic carbocycles. The number of aliphatic imine (C=N–C) groups is 1. The van der Waals surface area contributed by atoms with Crippen molar-refractivity contribution in [3.05, 3.63) is 113 Å². The SMILES string of the molecule is Cc1ccc(-c2cc(C(C)(C)C)cc3sc(-c4ccccc4N=Cc4cc(C(C)(C)C)ccc4O)nc23)c2ccccc12. The molecule has 0 spiro atoms. The molecule has 0 aliphatic heterocycles. The smallest absolute Gasteiger partial charge is 0.126 e. The Balaban J connectivity index is 1.52. The first kappa shape index (κ1) is 28.8. The number of nitrogens with zero attached hydrogens (tertiary/aromatic N) is 2. The molecule has 0 fully saturated rings. The largest absolute Gasteiger partial charge is 0.507 e. The average molecular weight is 583 g/mol. The van der Waals surface area contributed by atoms with E-state index in [0.717, 1.165) is 37.6 Å². The van der Waals surface area contributed by atoms with Crippen LogP contribution in [0.25, 0.3) is 42.7 Å². The predicted octanol–water partition coefficient (Wildman–Crippen LogP) is 11.1. The van der Waals surface area contributed by atoms with E-state index >= 15 is 0 Å². The maximum absolute atomic E-state index is 10.6. The van der Waals surface area contributed by atoms with E-state index < -0.39 is 0 Å². The zero-order valence-corrected chi connectivity index (χ0v) is 26.8. The molecule has 43 heavy (non-hydrogen) atoms. The molecule has 0 saturated heterocycles. The van der Waals surface area contributed by atoms with Crippen molar-refractivity contribution < 1.29 is 5.11 Å². The Hall–Kier alpha value is -4.28. The number of rotatable bonds is 4. The van der Waals surface area contributed by atoms with E-state index in [1.165, 1.54) is 27.5 Å². The standard InChI is InChI=1S/C39H38N2OS/c1-24-16-18-30(29-13-9-8-12-28(24)29)32-21-27(39(5,6)7)22-35-36(32)41-37(43-35)31-14-10-11-15-33(31)40-23-25-20-26(38(2,3)4)17-19-34(25)42/h8-23,42H,1-7H3. The monoisotopic (exact) mass is 582 g/mol. The van der Waals surface area contributed by atoms with Crippen molar-refractivity contribution in [3.63, 3.8) is 0 Å². The molecule has 0 radical (unpaired) electrons. The molecule has 6 aromatic rings. The minimum Gasteiger partial charge on any atom is -0.507 e. The first-order valence-corrected chi connectivity index (χ1v) is 15.6. The van der Waals surface area contributed by atoms with Crippen LogP contribution < -0.4 is 0 Å². The first-order chi connectivity index (χ1) is 20.4. The Kier molecular flexibility index (Phi) is 7.22. The average Bonchev–Trinajstić information content (AvgIpc) is 3.40. The van der Waals surface area contributed by atoms with Crippen LogP contribution in [0.4, 0.5) is 5.69 Å². The summed E-state index contributed by atoms with van der Waals surface area (Å²) in [6, 6.07) is 31.6. The van der Waals surface area contributed by atoms with Crippen LogP contribution >= 0.6 is 11.3 Å². The number of phenols is 1. The zero-order valence-electron chi connectivity index (χ0n) is 26.0. The summed E-state index contributed by atoms with van der Waals surface area (Å²) < 4.78 is 1.16. The molecule has 1 N–H and O–H groups in total. The van der Waals surface area contributed by atoms with Crippen LogP contribution in [0.1, 0.15) is 63.8 Å². The molecule has 0 atom stereocenters. The molecule has 6 rings (SSSR count). The molecule has 0 saturated carbocycles. The molecule has 5 aromatic carbocycles. The summed E-state index contributed by atoms with van der Waals surface area (Å²) in [5.74, 6) is 0.221. The summed E-state index contributed by atoms with van der Waals surface area (Å²) in [7, 11) is 0. The van der Waals surface area contributed by atoms with Crippen LogP contribution in [0.3, 0.4) is 0 Å². The highest BCUT2D eigenvalue weighted by molar-refractivity contribution is 7.21. The number of phenolic OH excluding ortho intramolecular Hbond substituents is 1. The molecule has 216 valence electrons. The van der Waals surface area contributed by atoms with Gasteiger partial charge in [0.15, 0.2) is 0 Å². The van der Waals surface area contributed by atoms with Crippen LogP contribution in [0, 0.1) is 6.92 Å². The second-order valence-electron chi connectivity index (χ2n) is 13.4. The predicted molar refractivity (Wildman–Crippen MR) is 185 cm³/mol. The first-order valence-electron chi connectivity index (χ1n) is 14.8. The van der Waals surface area contributed by atoms with Gasteiger partial charge in [0.2, 0.25) is 0 Å². The molecule has 3 nitrogen and oxygen atoms in total. The van der Waals surface area contributed by atoms with Crippen molar-refractivity contribution in [2.24, 2.45) is 4.99 Å². The van der Waals surface area contributed by atoms with Crippen LogP contribution in [-0.2, 0) is 10.8 Å². The molecule has 0 bridgehead atoms. The van der Waals surface area contributed by atoms with Crippen molar-refractivity contribution >= 4 is 44.2 Å². The Morgan fingerprint density at radius 3 is 2.14 bits per heavy atom. The third kappa shape index (κ3) is 5.60. The van der Waals surface area contributed by atoms with Gasteiger partial charge in [0, 0.05) is 22.9 Å². The van der Waals surface area contributed by atoms with Crippen LogP contribution in [0.15, 0.2) is 96.0 Å². The number of aromatic hydroxyl groups is 1. The minimum absolute atomic E-state index is 0.0145. The lowest BCUT2D eigenvalue weighted by molar-refractivity contribution is 0.473. The third-order valence-corrected chi connectivity index (χ3v) is 9.20. The maximum Gasteiger partial charge on any atom is 0.126 e. The fourth-order valence-corrected chi connectivity index (χ4v) is 6.56. The van der Waals surface area contributed by atoms with Gasteiger partial charge in [-0.15, -0.1) is 11.3 Å². The Bertz CT molecular complexity index is 2020. The highest BCUT2D eigenvalue weighted by Crippen LogP contribution is 2.43. The van der Waals surface area contributed by atoms with Crippen LogP contribution in [0.5, 0.6) is 5.75 Å². The summed E-state index contributed by atoms with van der Waals surface area (Å²) in [4.78, 5) is 10.2. The summed E-state index contributed by atoms with van der Waals surface area (Å²) in [5.41, 5.74) is 9.54. The van der Waals surface area contributed by atoms with E-state index in [4.69, 9.17) is 9.98 Å². The second kappa shape index (κ2) is 10.8. The Morgan fingerprint density at radius 1 is 0.698 bits per heavy atom. The molecule has 1 heterocycles. The Labute approximate surface area is 258 Å². The molecule has 4 heteroatoms. The fourth-order valence-electron chi connectivity index (χ4n) is 5.50. The number of fused-ring (bicyclic) bond motifs is 2. The molecule has 0 aliphatic rings. The number of aryl methyl sites for hydroxylation is 1. The van der Waals surface area contributed by atoms with Gasteiger partial charge >= 0.3 is 0 Å². The lowest BCUT2D eigenvalue weighted by Crippen LogP contribution is -2.11. The van der Waals surface area contributed by atoms with Gasteiger partial charge in [0.1, 0.15) is 10.8 Å². The van der Waals surface area contributed by atoms with Gasteiger partial charge in [-0.1, -0.05) is 96.1 Å². The lowest BCUT2D eigenvalue weighted by atomic mass is 9.84. The Morgan fingerprint density at radius 2 is 1.40 bits per heavy atom. The van der Waals surface area contributed by atoms with Crippen molar-refractivity contribution in [1.29, 1.82) is 0 Å². The highest BCUT2D eigenvalue weighted by Gasteiger charge is 2.21. The molecule has 0 amide bonds. The summed E-state index contributed by atoms with van der Waals surface area (Å²) in [6.07, 6.45) is 1.76. The molecular weight excluding hydrogens is 545 g/mol. The second-order valence-corrected chi connectivity index (χ2v) is 14.4. The summed E-state index contributed by atoms with van der Waals surface area (Å²) >= 11 is 1.71. The van der Waals surface area contributed by atoms with Gasteiger partial charge in [-0.2, -0.15) is 0 Å². The van der Waals surface area contributed by atoms with Gasteiger partial charge in [-0.05, 0) is 87.2 Å². The van der Waals surface area contributed by atoms with E-state index in [0.29, 0.717) is 5.56 Å². The molecule has 1 aromatic heterocycles. The number of hydrogen-bond donors (Lipinski definition) is 1.